The van der Waals surface area contributed by atoms with Gasteiger partial charge in [-0.25, -0.2) is 0 Å². The van der Waals surface area contributed by atoms with E-state index in [1.165, 1.54) is 18.2 Å². The third-order valence-electron chi connectivity index (χ3n) is 4.48. The van der Waals surface area contributed by atoms with Crippen molar-refractivity contribution < 1.29 is 19.2 Å². The van der Waals surface area contributed by atoms with Crippen LogP contribution in [0.5, 0.6) is 5.75 Å². The van der Waals surface area contributed by atoms with Gasteiger partial charge in [-0.15, -0.1) is 0 Å². The number of hydrogen-bond acceptors (Lipinski definition) is 5. The van der Waals surface area contributed by atoms with E-state index in [2.05, 4.69) is 10.6 Å². The summed E-state index contributed by atoms with van der Waals surface area (Å²) < 4.78 is 5.28. The number of amides is 2. The van der Waals surface area contributed by atoms with E-state index < -0.39 is 17.4 Å². The van der Waals surface area contributed by atoms with Crippen molar-refractivity contribution in [2.24, 2.45) is 0 Å². The van der Waals surface area contributed by atoms with Crippen LogP contribution in [-0.2, 0) is 4.79 Å². The number of para-hydroxylation sites is 2. The van der Waals surface area contributed by atoms with E-state index in [4.69, 9.17) is 4.74 Å². The molecule has 2 N–H and O–H groups in total. The summed E-state index contributed by atoms with van der Waals surface area (Å²) in [6.45, 7) is 1.48. The Morgan fingerprint density at radius 3 is 2.45 bits per heavy atom. The number of rotatable bonds is 8. The second-order valence-electron chi connectivity index (χ2n) is 6.75. The molecule has 0 aromatic heterocycles. The van der Waals surface area contributed by atoms with Gasteiger partial charge in [0.05, 0.1) is 11.0 Å². The first-order valence-electron chi connectivity index (χ1n) is 9.56. The molecule has 8 heteroatoms. The SMILES string of the molecule is CC(NC(=O)c1cccc(NC(=O)COc2ccccc2[N+](=O)[O-])c1)c1ccccc1. The van der Waals surface area contributed by atoms with Gasteiger partial charge in [0.15, 0.2) is 12.4 Å². The molecule has 0 saturated heterocycles. The first-order chi connectivity index (χ1) is 14.9. The lowest BCUT2D eigenvalue weighted by Gasteiger charge is -2.15. The molecule has 3 rings (SSSR count). The first kappa shape index (κ1) is 21.5. The lowest BCUT2D eigenvalue weighted by Crippen LogP contribution is -2.27. The van der Waals surface area contributed by atoms with Crippen LogP contribution < -0.4 is 15.4 Å². The quantitative estimate of drug-likeness (QED) is 0.422. The number of nitro benzene ring substituents is 1. The van der Waals surface area contributed by atoms with E-state index in [-0.39, 0.29) is 23.4 Å². The van der Waals surface area contributed by atoms with Gasteiger partial charge in [0.25, 0.3) is 11.8 Å². The zero-order valence-corrected chi connectivity index (χ0v) is 16.8. The van der Waals surface area contributed by atoms with Crippen molar-refractivity contribution in [3.8, 4) is 5.75 Å². The number of benzene rings is 3. The summed E-state index contributed by atoms with van der Waals surface area (Å²) in [7, 11) is 0. The fourth-order valence-corrected chi connectivity index (χ4v) is 2.91. The zero-order valence-electron chi connectivity index (χ0n) is 16.8. The molecule has 1 atom stereocenters. The molecule has 0 aliphatic rings. The average molecular weight is 419 g/mol. The summed E-state index contributed by atoms with van der Waals surface area (Å²) in [5.74, 6) is -0.775. The van der Waals surface area contributed by atoms with Crippen LogP contribution in [0.4, 0.5) is 11.4 Å². The van der Waals surface area contributed by atoms with Crippen molar-refractivity contribution >= 4 is 23.2 Å². The van der Waals surface area contributed by atoms with Crippen LogP contribution in [0.15, 0.2) is 78.9 Å². The van der Waals surface area contributed by atoms with Crippen LogP contribution >= 0.6 is 0 Å². The maximum atomic E-state index is 12.6. The fourth-order valence-electron chi connectivity index (χ4n) is 2.91. The molecule has 3 aromatic carbocycles. The predicted octanol–water partition coefficient (Wildman–Crippen LogP) is 4.10. The number of carbonyl (C=O) groups excluding carboxylic acids is 2. The van der Waals surface area contributed by atoms with E-state index in [1.807, 2.05) is 37.3 Å². The zero-order chi connectivity index (χ0) is 22.2. The molecule has 0 aliphatic heterocycles. The molecule has 0 aliphatic carbocycles. The van der Waals surface area contributed by atoms with E-state index in [0.717, 1.165) is 5.56 Å². The Morgan fingerprint density at radius 1 is 1.00 bits per heavy atom. The van der Waals surface area contributed by atoms with Crippen molar-refractivity contribution in [3.63, 3.8) is 0 Å². The Labute approximate surface area is 179 Å². The van der Waals surface area contributed by atoms with Crippen LogP contribution in [0.2, 0.25) is 0 Å². The van der Waals surface area contributed by atoms with Crippen LogP contribution in [0, 0.1) is 10.1 Å². The summed E-state index contributed by atoms with van der Waals surface area (Å²) in [5, 5.41) is 16.6. The van der Waals surface area contributed by atoms with Gasteiger partial charge >= 0.3 is 5.69 Å². The van der Waals surface area contributed by atoms with E-state index in [0.29, 0.717) is 11.3 Å². The van der Waals surface area contributed by atoms with Gasteiger partial charge in [-0.05, 0) is 36.8 Å². The third-order valence-corrected chi connectivity index (χ3v) is 4.48. The highest BCUT2D eigenvalue weighted by atomic mass is 16.6. The van der Waals surface area contributed by atoms with Gasteiger partial charge in [-0.3, -0.25) is 19.7 Å². The molecule has 0 spiro atoms. The molecule has 0 radical (unpaired) electrons. The molecule has 0 fully saturated rings. The highest BCUT2D eigenvalue weighted by molar-refractivity contribution is 5.97. The number of nitrogens with one attached hydrogen (secondary N) is 2. The van der Waals surface area contributed by atoms with Crippen molar-refractivity contribution in [1.29, 1.82) is 0 Å². The lowest BCUT2D eigenvalue weighted by molar-refractivity contribution is -0.385. The van der Waals surface area contributed by atoms with Crippen molar-refractivity contribution in [3.05, 3.63) is 100 Å². The van der Waals surface area contributed by atoms with Crippen molar-refractivity contribution in [1.82, 2.24) is 5.32 Å². The summed E-state index contributed by atoms with van der Waals surface area (Å²) in [6, 6.07) is 21.7. The summed E-state index contributed by atoms with van der Waals surface area (Å²) in [6.07, 6.45) is 0. The van der Waals surface area contributed by atoms with Gasteiger partial charge in [0, 0.05) is 17.3 Å². The Balaban J connectivity index is 1.59. The number of carbonyl (C=O) groups is 2. The van der Waals surface area contributed by atoms with Crippen LogP contribution in [0.1, 0.15) is 28.9 Å². The summed E-state index contributed by atoms with van der Waals surface area (Å²) >= 11 is 0. The monoisotopic (exact) mass is 419 g/mol. The van der Waals surface area contributed by atoms with Crippen LogP contribution in [-0.4, -0.2) is 23.3 Å². The van der Waals surface area contributed by atoms with Gasteiger partial charge in [-0.1, -0.05) is 48.5 Å². The molecule has 2 amide bonds. The highest BCUT2D eigenvalue weighted by Crippen LogP contribution is 2.25. The highest BCUT2D eigenvalue weighted by Gasteiger charge is 2.16. The minimum absolute atomic E-state index is 0.00526. The molecule has 8 nitrogen and oxygen atoms in total. The van der Waals surface area contributed by atoms with Crippen LogP contribution in [0.25, 0.3) is 0 Å². The number of nitro groups is 1. The second-order valence-corrected chi connectivity index (χ2v) is 6.75. The van der Waals surface area contributed by atoms with E-state index in [9.17, 15) is 19.7 Å². The largest absolute Gasteiger partial charge is 0.477 e. The molecular weight excluding hydrogens is 398 g/mol. The van der Waals surface area contributed by atoms with Gasteiger partial charge in [-0.2, -0.15) is 0 Å². The van der Waals surface area contributed by atoms with Gasteiger partial charge in [0.2, 0.25) is 0 Å². The molecule has 0 saturated carbocycles. The minimum Gasteiger partial charge on any atom is -0.477 e. The smallest absolute Gasteiger partial charge is 0.310 e. The van der Waals surface area contributed by atoms with Crippen molar-refractivity contribution in [2.45, 2.75) is 13.0 Å². The number of hydrogen-bond donors (Lipinski definition) is 2. The fraction of sp³-hybridized carbons (Fsp3) is 0.130. The normalized spacial score (nSPS) is 11.3. The van der Waals surface area contributed by atoms with Gasteiger partial charge in [0.1, 0.15) is 0 Å². The number of anilines is 1. The Hall–Kier alpha value is -4.20. The van der Waals surface area contributed by atoms with E-state index >= 15 is 0 Å². The number of nitrogens with zero attached hydrogens (tertiary/aromatic N) is 1. The molecule has 3 aromatic rings. The van der Waals surface area contributed by atoms with Crippen LogP contribution in [0.3, 0.4) is 0 Å². The standard InChI is InChI=1S/C23H21N3O5/c1-16(17-8-3-2-4-9-17)24-23(28)18-10-7-11-19(14-18)25-22(27)15-31-21-13-6-5-12-20(21)26(29)30/h2-14,16H,15H2,1H3,(H,24,28)(H,25,27). The molecule has 0 heterocycles. The lowest BCUT2D eigenvalue weighted by atomic mass is 10.1. The molecule has 1 unspecified atom stereocenters. The Bertz CT molecular complexity index is 1090. The maximum absolute atomic E-state index is 12.6. The second kappa shape index (κ2) is 10.0. The molecule has 31 heavy (non-hydrogen) atoms. The topological polar surface area (TPSA) is 111 Å². The molecular formula is C23H21N3O5. The third kappa shape index (κ3) is 5.89. The minimum atomic E-state index is -0.578. The Morgan fingerprint density at radius 2 is 1.71 bits per heavy atom. The molecule has 0 bridgehead atoms. The predicted molar refractivity (Wildman–Crippen MR) is 116 cm³/mol. The molecule has 158 valence electrons. The summed E-state index contributed by atoms with van der Waals surface area (Å²) in [4.78, 5) is 35.2. The Kier molecular flexibility index (Phi) is 6.95. The number of ether oxygens (including phenoxy) is 1. The average Bonchev–Trinajstić information content (AvgIpc) is 2.78. The summed E-state index contributed by atoms with van der Waals surface area (Å²) in [5.41, 5.74) is 1.56. The van der Waals surface area contributed by atoms with Crippen molar-refractivity contribution in [2.75, 3.05) is 11.9 Å². The first-order valence-corrected chi connectivity index (χ1v) is 9.56. The van der Waals surface area contributed by atoms with Gasteiger partial charge < -0.3 is 15.4 Å². The maximum Gasteiger partial charge on any atom is 0.310 e. The van der Waals surface area contributed by atoms with E-state index in [1.54, 1.807) is 30.3 Å².